The molecule has 11 atom stereocenters. The molecule has 348 valence electrons. The van der Waals surface area contributed by atoms with Crippen LogP contribution in [-0.4, -0.2) is 123 Å². The minimum atomic E-state index is -4.32. The summed E-state index contributed by atoms with van der Waals surface area (Å²) in [5.41, 5.74) is 2.87. The highest BCUT2D eigenvalue weighted by Crippen LogP contribution is 2.52. The molecule has 3 saturated heterocycles. The summed E-state index contributed by atoms with van der Waals surface area (Å²) < 4.78 is 48.2. The van der Waals surface area contributed by atoms with Crippen LogP contribution in [0.4, 0.5) is 17.5 Å². The molecule has 7 heterocycles. The number of nitrogen functional groups attached to an aromatic ring is 1. The molecule has 0 aliphatic carbocycles. The van der Waals surface area contributed by atoms with Gasteiger partial charge in [-0.1, -0.05) is 0 Å². The normalized spacial score (nSPS) is 29.1. The molecule has 11 N–H and O–H groups in total. The lowest BCUT2D eigenvalue weighted by atomic mass is 10.2. The molecule has 0 aromatic carbocycles. The Morgan fingerprint density at radius 1 is 0.730 bits per heavy atom. The largest absolute Gasteiger partial charge is 0.390 e. The van der Waals surface area contributed by atoms with Crippen molar-refractivity contribution in [2.75, 3.05) is 42.4 Å². The molecule has 4 unspecified atom stereocenters. The minimum absolute atomic E-state index is 0.0370. The van der Waals surface area contributed by atoms with E-state index in [0.29, 0.717) is 0 Å². The SMILES string of the molecule is Cc1cn([C@H]2CC(O)[C@@H](COP(O)(=S)OC3C[C@H](n4cc(C)c(=O)[nH]c4=O)O[C@@H]3COP(O)(=S)O[C@@H]3C[C@H](N4CNc5c4nc(N)[nH]c5=O)O[C@@H]3COP(O)(O)=S)O2)c(=O)[nH]c1=O. The Balaban J connectivity index is 1.04. The van der Waals surface area contributed by atoms with E-state index < -0.39 is 123 Å². The van der Waals surface area contributed by atoms with Crippen molar-refractivity contribution in [1.29, 1.82) is 0 Å². The number of nitrogens with zero attached hydrogens (tertiary/aromatic N) is 4. The number of rotatable bonds is 16. The van der Waals surface area contributed by atoms with Gasteiger partial charge in [0.1, 0.15) is 42.7 Å². The predicted molar refractivity (Wildman–Crippen MR) is 228 cm³/mol. The van der Waals surface area contributed by atoms with Crippen LogP contribution in [0.1, 0.15) is 42.8 Å². The van der Waals surface area contributed by atoms with Gasteiger partial charge in [0.2, 0.25) is 5.95 Å². The average Bonchev–Trinajstić information content (AvgIpc) is 3.97. The van der Waals surface area contributed by atoms with Crippen LogP contribution < -0.4 is 44.0 Å². The maximum absolute atomic E-state index is 12.9. The first-order valence-corrected chi connectivity index (χ1v) is 26.5. The molecule has 27 nitrogen and oxygen atoms in total. The summed E-state index contributed by atoms with van der Waals surface area (Å²) in [6.45, 7) is -11.5. The molecule has 3 fully saturated rings. The van der Waals surface area contributed by atoms with Crippen molar-refractivity contribution >= 4 is 73.0 Å². The minimum Gasteiger partial charge on any atom is -0.390 e. The van der Waals surface area contributed by atoms with Crippen LogP contribution in [0.2, 0.25) is 0 Å². The number of anilines is 3. The Morgan fingerprint density at radius 3 is 1.76 bits per heavy atom. The van der Waals surface area contributed by atoms with E-state index in [1.54, 1.807) is 0 Å². The third kappa shape index (κ3) is 11.4. The van der Waals surface area contributed by atoms with Gasteiger partial charge in [-0.15, -0.1) is 0 Å². The number of aliphatic hydroxyl groups excluding tert-OH is 1. The summed E-state index contributed by atoms with van der Waals surface area (Å²) >= 11 is 15.2. The van der Waals surface area contributed by atoms with Gasteiger partial charge in [0.15, 0.2) is 5.82 Å². The fraction of sp³-hybridized carbons (Fsp3) is 0.600. The van der Waals surface area contributed by atoms with Crippen molar-refractivity contribution < 1.29 is 61.5 Å². The highest BCUT2D eigenvalue weighted by Gasteiger charge is 2.47. The number of H-pyrrole nitrogens is 3. The summed E-state index contributed by atoms with van der Waals surface area (Å²) in [5.74, 6) is -0.0250. The number of fused-ring (bicyclic) bond motifs is 1. The average molecular weight is 1010 g/mol. The lowest BCUT2D eigenvalue weighted by Gasteiger charge is -2.27. The van der Waals surface area contributed by atoms with Crippen LogP contribution in [0.25, 0.3) is 0 Å². The number of aliphatic hydroxyl groups is 1. The van der Waals surface area contributed by atoms with Crippen LogP contribution in [0, 0.1) is 13.8 Å². The predicted octanol–water partition coefficient (Wildman–Crippen LogP) is -2.23. The maximum atomic E-state index is 12.9. The van der Waals surface area contributed by atoms with E-state index in [0.717, 1.165) is 9.13 Å². The first kappa shape index (κ1) is 48.0. The van der Waals surface area contributed by atoms with Gasteiger partial charge in [-0.3, -0.25) is 38.5 Å². The zero-order valence-corrected chi connectivity index (χ0v) is 37.9. The number of aromatic nitrogens is 6. The lowest BCUT2D eigenvalue weighted by Crippen LogP contribution is -2.36. The first-order chi connectivity index (χ1) is 29.5. The molecular formula is C30H42N9O18P3S3. The number of aryl methyl sites for hydroxylation is 2. The molecule has 0 saturated carbocycles. The molecule has 63 heavy (non-hydrogen) atoms. The van der Waals surface area contributed by atoms with Crippen molar-refractivity contribution in [3.05, 3.63) is 75.6 Å². The lowest BCUT2D eigenvalue weighted by molar-refractivity contribution is -0.0536. The molecule has 0 amide bonds. The Kier molecular flexibility index (Phi) is 14.3. The van der Waals surface area contributed by atoms with Gasteiger partial charge < -0.3 is 77.5 Å². The van der Waals surface area contributed by atoms with E-state index in [-0.39, 0.29) is 54.5 Å². The van der Waals surface area contributed by atoms with E-state index in [1.807, 2.05) is 0 Å². The van der Waals surface area contributed by atoms with Crippen LogP contribution >= 0.6 is 20.2 Å². The fourth-order valence-electron chi connectivity index (χ4n) is 7.15. The fourth-order valence-corrected chi connectivity index (χ4v) is 10.6. The summed E-state index contributed by atoms with van der Waals surface area (Å²) in [6, 6.07) is 0. The second kappa shape index (κ2) is 18.8. The Morgan fingerprint density at radius 2 is 1.21 bits per heavy atom. The van der Waals surface area contributed by atoms with Crippen molar-refractivity contribution in [2.45, 2.75) is 88.4 Å². The zero-order valence-electron chi connectivity index (χ0n) is 32.8. The number of nitrogens with one attached hydrogen (secondary N) is 4. The first-order valence-electron chi connectivity index (χ1n) is 18.7. The van der Waals surface area contributed by atoms with Gasteiger partial charge in [-0.05, 0) is 49.3 Å². The Hall–Kier alpha value is -2.93. The van der Waals surface area contributed by atoms with Crippen LogP contribution in [0.3, 0.4) is 0 Å². The van der Waals surface area contributed by atoms with Gasteiger partial charge in [0.05, 0.1) is 44.8 Å². The molecule has 3 aromatic heterocycles. The molecular weight excluding hydrogens is 963 g/mol. The van der Waals surface area contributed by atoms with Gasteiger partial charge in [-0.25, -0.2) is 9.59 Å². The third-order valence-electron chi connectivity index (χ3n) is 10.2. The smallest absolute Gasteiger partial charge is 0.330 e. The molecule has 4 aliphatic heterocycles. The topological polar surface area (TPSA) is 372 Å². The summed E-state index contributed by atoms with van der Waals surface area (Å²) in [7, 11) is 0. The molecule has 0 spiro atoms. The molecule has 33 heteroatoms. The molecule has 0 bridgehead atoms. The van der Waals surface area contributed by atoms with E-state index >= 15 is 0 Å². The van der Waals surface area contributed by atoms with Gasteiger partial charge in [0, 0.05) is 42.8 Å². The van der Waals surface area contributed by atoms with Crippen molar-refractivity contribution in [1.82, 2.24) is 29.1 Å². The van der Waals surface area contributed by atoms with E-state index in [2.05, 4.69) is 37.1 Å². The van der Waals surface area contributed by atoms with E-state index in [9.17, 15) is 48.7 Å². The number of hydrogen-bond acceptors (Lipinski definition) is 21. The van der Waals surface area contributed by atoms with Crippen LogP contribution in [0.5, 0.6) is 0 Å². The maximum Gasteiger partial charge on any atom is 0.330 e. The van der Waals surface area contributed by atoms with Crippen LogP contribution in [-0.2, 0) is 72.2 Å². The summed E-state index contributed by atoms with van der Waals surface area (Å²) in [6.07, 6.45) is -8.01. The second-order valence-corrected chi connectivity index (χ2v) is 22.9. The molecule has 3 aromatic rings. The molecule has 7 rings (SSSR count). The van der Waals surface area contributed by atoms with Gasteiger partial charge in [0.25, 0.3) is 16.7 Å². The van der Waals surface area contributed by atoms with E-state index in [1.165, 1.54) is 31.1 Å². The monoisotopic (exact) mass is 1010 g/mol. The van der Waals surface area contributed by atoms with Crippen molar-refractivity contribution in [3.8, 4) is 0 Å². The Bertz CT molecular complexity index is 2680. The molecule has 0 radical (unpaired) electrons. The number of nitrogens with two attached hydrogens (primary N) is 1. The van der Waals surface area contributed by atoms with E-state index in [4.69, 9.17) is 66.2 Å². The summed E-state index contributed by atoms with van der Waals surface area (Å²) in [4.78, 5) is 116. The van der Waals surface area contributed by atoms with Crippen molar-refractivity contribution in [3.63, 3.8) is 0 Å². The number of hydrogen-bond donors (Lipinski definition) is 10. The standard InChI is InChI=1S/C30H42N9O18P3S3/c1-12-6-37(29(44)35-25(12)41)20-3-14(40)17(53-20)8-51-59(48,62)56-15-4-21(38-7-13(2)26(42)36-30(38)45)54-19(15)10-52-60(49,63)57-16-5-22(55-18(16)9-50-58(46,47)61)39-11-32-23-24(39)33-28(31)34-27(23)43/h6-7,14-22,32,40H,3-5,8-11H2,1-2H3,(H,48,62)(H,49,63)(H,35,41,44)(H,36,42,45)(H2,46,47,61)(H3,31,33,34,43)/t14?,15?,16-,17-,18-,19-,20-,21-,22-,59?,60?/m1/s1. The molecule has 4 aliphatic rings. The van der Waals surface area contributed by atoms with Crippen molar-refractivity contribution in [2.24, 2.45) is 0 Å². The second-order valence-electron chi connectivity index (χ2n) is 14.7. The third-order valence-corrected chi connectivity index (χ3v) is 14.2. The zero-order chi connectivity index (χ0) is 45.8. The van der Waals surface area contributed by atoms with Gasteiger partial charge in [-0.2, -0.15) is 4.98 Å². The summed E-state index contributed by atoms with van der Waals surface area (Å²) in [5, 5.41) is 13.6. The quantitative estimate of drug-likeness (QED) is 0.0679. The Labute approximate surface area is 368 Å². The highest BCUT2D eigenvalue weighted by atomic mass is 32.5. The highest BCUT2D eigenvalue weighted by molar-refractivity contribution is 8.07. The van der Waals surface area contributed by atoms with Crippen LogP contribution in [0.15, 0.2) is 36.4 Å². The van der Waals surface area contributed by atoms with Gasteiger partial charge >= 0.3 is 31.5 Å². The number of ether oxygens (including phenoxy) is 3. The number of aromatic amines is 3.